The number of para-hydroxylation sites is 1. The van der Waals surface area contributed by atoms with Crippen molar-refractivity contribution < 1.29 is 9.53 Å². The van der Waals surface area contributed by atoms with Crippen molar-refractivity contribution in [2.45, 2.75) is 18.9 Å². The Morgan fingerprint density at radius 1 is 1.04 bits per heavy atom. The van der Waals surface area contributed by atoms with Gasteiger partial charge in [-0.05, 0) is 24.3 Å². The van der Waals surface area contributed by atoms with Crippen molar-refractivity contribution in [3.05, 3.63) is 71.4 Å². The first kappa shape index (κ1) is 16.9. The lowest BCUT2D eigenvalue weighted by Gasteiger charge is -2.32. The van der Waals surface area contributed by atoms with Crippen molar-refractivity contribution in [1.82, 2.24) is 9.88 Å². The van der Waals surface area contributed by atoms with Gasteiger partial charge in [0.25, 0.3) is 5.91 Å². The first-order valence-electron chi connectivity index (χ1n) is 8.76. The van der Waals surface area contributed by atoms with Crippen molar-refractivity contribution in [3.63, 3.8) is 0 Å². The molecule has 1 saturated heterocycles. The minimum Gasteiger partial charge on any atom is -0.488 e. The number of halogens is 1. The third-order valence-corrected chi connectivity index (χ3v) is 5.05. The van der Waals surface area contributed by atoms with E-state index in [9.17, 15) is 4.79 Å². The van der Waals surface area contributed by atoms with Gasteiger partial charge in [0.2, 0.25) is 0 Å². The van der Waals surface area contributed by atoms with E-state index in [2.05, 4.69) is 4.98 Å². The number of aromatic nitrogens is 1. The fourth-order valence-corrected chi connectivity index (χ4v) is 3.55. The molecule has 0 atom stereocenters. The Labute approximate surface area is 157 Å². The van der Waals surface area contributed by atoms with Gasteiger partial charge in [-0.15, -0.1) is 0 Å². The van der Waals surface area contributed by atoms with Crippen LogP contribution in [0.5, 0.6) is 5.75 Å². The van der Waals surface area contributed by atoms with Crippen LogP contribution in [-0.2, 0) is 0 Å². The summed E-state index contributed by atoms with van der Waals surface area (Å²) in [4.78, 5) is 18.9. The molecule has 132 valence electrons. The molecule has 0 saturated carbocycles. The Balaban J connectivity index is 1.42. The normalized spacial score (nSPS) is 15.2. The van der Waals surface area contributed by atoms with E-state index < -0.39 is 0 Å². The van der Waals surface area contributed by atoms with Gasteiger partial charge in [-0.1, -0.05) is 41.9 Å². The molecule has 1 aliphatic rings. The van der Waals surface area contributed by atoms with E-state index in [1.54, 1.807) is 18.3 Å². The van der Waals surface area contributed by atoms with Gasteiger partial charge in [-0.2, -0.15) is 0 Å². The van der Waals surface area contributed by atoms with Crippen molar-refractivity contribution in [2.75, 3.05) is 13.1 Å². The summed E-state index contributed by atoms with van der Waals surface area (Å²) in [6.45, 7) is 1.32. The van der Waals surface area contributed by atoms with Crippen LogP contribution in [0.15, 0.2) is 60.8 Å². The summed E-state index contributed by atoms with van der Waals surface area (Å²) < 4.78 is 6.20. The maximum Gasteiger partial charge on any atom is 0.255 e. The Hall–Kier alpha value is -2.59. The molecule has 4 rings (SSSR count). The zero-order valence-electron chi connectivity index (χ0n) is 14.3. The standard InChI is InChI=1S/C21H19ClN2O2/c22-18-8-2-1-7-17(18)21(25)24-13-10-16(11-14-24)26-19-9-3-5-15-6-4-12-23-20(15)19/h1-9,12,16H,10-11,13-14H2. The number of hydrogen-bond donors (Lipinski definition) is 0. The molecular weight excluding hydrogens is 348 g/mol. The summed E-state index contributed by atoms with van der Waals surface area (Å²) in [7, 11) is 0. The van der Waals surface area contributed by atoms with Gasteiger partial charge in [0.05, 0.1) is 10.6 Å². The predicted molar refractivity (Wildman–Crippen MR) is 103 cm³/mol. The van der Waals surface area contributed by atoms with Crippen LogP contribution in [0.1, 0.15) is 23.2 Å². The number of pyridine rings is 1. The largest absolute Gasteiger partial charge is 0.488 e. The van der Waals surface area contributed by atoms with Gasteiger partial charge in [-0.25, -0.2) is 0 Å². The molecule has 26 heavy (non-hydrogen) atoms. The van der Waals surface area contributed by atoms with Crippen LogP contribution in [0, 0.1) is 0 Å². The smallest absolute Gasteiger partial charge is 0.255 e. The SMILES string of the molecule is O=C(c1ccccc1Cl)N1CCC(Oc2cccc3cccnc23)CC1. The number of ether oxygens (including phenoxy) is 1. The highest BCUT2D eigenvalue weighted by atomic mass is 35.5. The summed E-state index contributed by atoms with van der Waals surface area (Å²) in [5.41, 5.74) is 1.44. The Kier molecular flexibility index (Phi) is 4.76. The van der Waals surface area contributed by atoms with E-state index >= 15 is 0 Å². The highest BCUT2D eigenvalue weighted by Crippen LogP contribution is 2.27. The van der Waals surface area contributed by atoms with Crippen LogP contribution in [0.2, 0.25) is 5.02 Å². The molecular formula is C21H19ClN2O2. The van der Waals surface area contributed by atoms with Crippen LogP contribution < -0.4 is 4.74 Å². The lowest BCUT2D eigenvalue weighted by molar-refractivity contribution is 0.0598. The molecule has 0 spiro atoms. The van der Waals surface area contributed by atoms with Gasteiger partial charge in [-0.3, -0.25) is 9.78 Å². The van der Waals surface area contributed by atoms with Crippen LogP contribution in [-0.4, -0.2) is 35.0 Å². The molecule has 2 aromatic carbocycles. The minimum absolute atomic E-state index is 0.0131. The maximum atomic E-state index is 12.7. The van der Waals surface area contributed by atoms with Crippen LogP contribution in [0.4, 0.5) is 0 Å². The van der Waals surface area contributed by atoms with Crippen molar-refractivity contribution in [1.29, 1.82) is 0 Å². The zero-order valence-corrected chi connectivity index (χ0v) is 15.0. The summed E-state index contributed by atoms with van der Waals surface area (Å²) in [6.07, 6.45) is 3.44. The zero-order chi connectivity index (χ0) is 17.9. The molecule has 1 aromatic heterocycles. The lowest BCUT2D eigenvalue weighted by atomic mass is 10.1. The van der Waals surface area contributed by atoms with Gasteiger partial charge in [0.1, 0.15) is 17.4 Å². The molecule has 1 aliphatic heterocycles. The number of benzene rings is 2. The van der Waals surface area contributed by atoms with Gasteiger partial charge in [0, 0.05) is 37.5 Å². The second kappa shape index (κ2) is 7.34. The van der Waals surface area contributed by atoms with Crippen LogP contribution in [0.25, 0.3) is 10.9 Å². The van der Waals surface area contributed by atoms with E-state index in [0.717, 1.165) is 29.5 Å². The van der Waals surface area contributed by atoms with E-state index in [4.69, 9.17) is 16.3 Å². The molecule has 0 radical (unpaired) electrons. The third kappa shape index (κ3) is 3.37. The highest BCUT2D eigenvalue weighted by Gasteiger charge is 2.26. The maximum absolute atomic E-state index is 12.7. The first-order valence-corrected chi connectivity index (χ1v) is 9.14. The Morgan fingerprint density at radius 3 is 2.62 bits per heavy atom. The molecule has 1 fully saturated rings. The monoisotopic (exact) mass is 366 g/mol. The number of carbonyl (C=O) groups excluding carboxylic acids is 1. The van der Waals surface area contributed by atoms with Gasteiger partial charge >= 0.3 is 0 Å². The second-order valence-electron chi connectivity index (χ2n) is 6.42. The van der Waals surface area contributed by atoms with E-state index in [1.807, 2.05) is 47.4 Å². The molecule has 4 nitrogen and oxygen atoms in total. The highest BCUT2D eigenvalue weighted by molar-refractivity contribution is 6.33. The number of carbonyl (C=O) groups is 1. The number of rotatable bonds is 3. The summed E-state index contributed by atoms with van der Waals surface area (Å²) >= 11 is 6.15. The third-order valence-electron chi connectivity index (χ3n) is 4.72. The number of amides is 1. The summed E-state index contributed by atoms with van der Waals surface area (Å²) in [5.74, 6) is 0.792. The Bertz CT molecular complexity index is 931. The molecule has 0 unspecified atom stereocenters. The minimum atomic E-state index is -0.0131. The quantitative estimate of drug-likeness (QED) is 0.681. The molecule has 0 aliphatic carbocycles. The fraction of sp³-hybridized carbons (Fsp3) is 0.238. The number of hydrogen-bond acceptors (Lipinski definition) is 3. The topological polar surface area (TPSA) is 42.4 Å². The molecule has 3 aromatic rings. The average molecular weight is 367 g/mol. The molecule has 5 heteroatoms. The first-order chi connectivity index (χ1) is 12.7. The predicted octanol–water partition coefficient (Wildman–Crippen LogP) is 4.57. The van der Waals surface area contributed by atoms with E-state index in [0.29, 0.717) is 23.7 Å². The van der Waals surface area contributed by atoms with Crippen LogP contribution in [0.3, 0.4) is 0 Å². The second-order valence-corrected chi connectivity index (χ2v) is 6.83. The molecule has 1 amide bonds. The van der Waals surface area contributed by atoms with E-state index in [-0.39, 0.29) is 12.0 Å². The van der Waals surface area contributed by atoms with Crippen molar-refractivity contribution in [2.24, 2.45) is 0 Å². The van der Waals surface area contributed by atoms with Gasteiger partial charge in [0.15, 0.2) is 0 Å². The molecule has 2 heterocycles. The number of piperidine rings is 1. The lowest BCUT2D eigenvalue weighted by Crippen LogP contribution is -2.41. The number of likely N-dealkylation sites (tertiary alicyclic amines) is 1. The Morgan fingerprint density at radius 2 is 1.81 bits per heavy atom. The van der Waals surface area contributed by atoms with Crippen LogP contribution >= 0.6 is 11.6 Å². The number of nitrogens with zero attached hydrogens (tertiary/aromatic N) is 2. The van der Waals surface area contributed by atoms with E-state index in [1.165, 1.54) is 0 Å². The number of fused-ring (bicyclic) bond motifs is 1. The molecule has 0 N–H and O–H groups in total. The average Bonchev–Trinajstić information content (AvgIpc) is 2.69. The molecule has 0 bridgehead atoms. The van der Waals surface area contributed by atoms with Crippen molar-refractivity contribution in [3.8, 4) is 5.75 Å². The van der Waals surface area contributed by atoms with Crippen molar-refractivity contribution >= 4 is 28.4 Å². The fourth-order valence-electron chi connectivity index (χ4n) is 3.33. The summed E-state index contributed by atoms with van der Waals surface area (Å²) in [5, 5.41) is 1.56. The summed E-state index contributed by atoms with van der Waals surface area (Å²) in [6, 6.07) is 17.1. The van der Waals surface area contributed by atoms with Gasteiger partial charge < -0.3 is 9.64 Å².